The molecule has 2 rings (SSSR count). The van der Waals surface area contributed by atoms with Crippen LogP contribution in [0.2, 0.25) is 0 Å². The second kappa shape index (κ2) is 11.8. The van der Waals surface area contributed by atoms with Gasteiger partial charge in [0.2, 0.25) is 11.8 Å². The predicted molar refractivity (Wildman–Crippen MR) is 120 cm³/mol. The first-order valence-corrected chi connectivity index (χ1v) is 11.2. The highest BCUT2D eigenvalue weighted by Crippen LogP contribution is 2.21. The van der Waals surface area contributed by atoms with Crippen molar-refractivity contribution in [3.05, 3.63) is 35.9 Å². The van der Waals surface area contributed by atoms with E-state index in [0.29, 0.717) is 19.6 Å². The number of nitrogens with zero attached hydrogens (tertiary/aromatic N) is 2. The van der Waals surface area contributed by atoms with Crippen LogP contribution in [0.1, 0.15) is 39.2 Å². The Morgan fingerprint density at radius 2 is 1.90 bits per heavy atom. The van der Waals surface area contributed by atoms with E-state index in [1.54, 1.807) is 6.92 Å². The first-order chi connectivity index (χ1) is 14.7. The standard InChI is InChI=1S/C23H37N5O3/c1-16(2)21(26-22(30)17(3)25)23(31)28-12-7-10-19(28)15-27(20(29)14-24)13-11-18-8-5-4-6-9-18/h4-6,8-9,16-17,19,21H,7,10-15,24-25H2,1-3H3,(H,26,30)/p+1. The lowest BCUT2D eigenvalue weighted by molar-refractivity contribution is -0.357. The van der Waals surface area contributed by atoms with Gasteiger partial charge < -0.3 is 26.6 Å². The summed E-state index contributed by atoms with van der Waals surface area (Å²) in [4.78, 5) is 41.6. The lowest BCUT2D eigenvalue weighted by Crippen LogP contribution is -2.60. The molecule has 8 nitrogen and oxygen atoms in total. The van der Waals surface area contributed by atoms with E-state index >= 15 is 0 Å². The second-order valence-electron chi connectivity index (χ2n) is 8.67. The number of benzene rings is 1. The molecule has 0 aliphatic carbocycles. The zero-order chi connectivity index (χ0) is 23.0. The Kier molecular flexibility index (Phi) is 9.45. The molecule has 0 spiro atoms. The average molecular weight is 433 g/mol. The molecule has 6 N–H and O–H groups in total. The van der Waals surface area contributed by atoms with Crippen molar-refractivity contribution < 1.29 is 20.1 Å². The molecule has 0 radical (unpaired) electrons. The van der Waals surface area contributed by atoms with Gasteiger partial charge in [-0.1, -0.05) is 44.2 Å². The van der Waals surface area contributed by atoms with Gasteiger partial charge in [-0.05, 0) is 37.7 Å². The van der Waals surface area contributed by atoms with Crippen LogP contribution in [0.15, 0.2) is 30.3 Å². The van der Waals surface area contributed by atoms with Gasteiger partial charge in [-0.15, -0.1) is 0 Å². The maximum atomic E-state index is 13.3. The number of amides is 3. The molecule has 1 aliphatic heterocycles. The Bertz CT molecular complexity index is 738. The Balaban J connectivity index is 2.08. The zero-order valence-corrected chi connectivity index (χ0v) is 19.0. The Morgan fingerprint density at radius 3 is 2.48 bits per heavy atom. The van der Waals surface area contributed by atoms with Crippen LogP contribution in [0.4, 0.5) is 0 Å². The van der Waals surface area contributed by atoms with Crippen molar-refractivity contribution in [2.75, 3.05) is 26.2 Å². The van der Waals surface area contributed by atoms with E-state index in [9.17, 15) is 14.4 Å². The van der Waals surface area contributed by atoms with Gasteiger partial charge in [-0.3, -0.25) is 14.4 Å². The summed E-state index contributed by atoms with van der Waals surface area (Å²) >= 11 is 0. The number of nitrogens with two attached hydrogens (primary N) is 1. The highest BCUT2D eigenvalue weighted by molar-refractivity contribution is 5.90. The van der Waals surface area contributed by atoms with Crippen LogP contribution < -0.4 is 16.8 Å². The van der Waals surface area contributed by atoms with Gasteiger partial charge in [0.15, 0.2) is 6.54 Å². The van der Waals surface area contributed by atoms with E-state index in [1.807, 2.05) is 54.0 Å². The molecule has 3 atom stereocenters. The van der Waals surface area contributed by atoms with Gasteiger partial charge in [0.05, 0.1) is 6.04 Å². The lowest BCUT2D eigenvalue weighted by Gasteiger charge is -2.34. The van der Waals surface area contributed by atoms with Crippen LogP contribution in [0, 0.1) is 5.92 Å². The molecule has 1 heterocycles. The SMILES string of the molecule is CC(N)C(=O)NC(C(=O)N1CCCC1CN(CCc1ccccc1)C(=O)C[NH3+])C(C)C. The van der Waals surface area contributed by atoms with Crippen molar-refractivity contribution in [2.45, 2.75) is 58.2 Å². The summed E-state index contributed by atoms with van der Waals surface area (Å²) in [5, 5.41) is 2.80. The first-order valence-electron chi connectivity index (χ1n) is 11.2. The number of carbonyl (C=O) groups is 3. The summed E-state index contributed by atoms with van der Waals surface area (Å²) in [5.41, 5.74) is 10.6. The molecule has 0 bridgehead atoms. The van der Waals surface area contributed by atoms with Crippen molar-refractivity contribution in [1.82, 2.24) is 15.1 Å². The third kappa shape index (κ3) is 7.04. The maximum absolute atomic E-state index is 13.3. The summed E-state index contributed by atoms with van der Waals surface area (Å²) < 4.78 is 0. The molecule has 1 aromatic carbocycles. The van der Waals surface area contributed by atoms with E-state index in [-0.39, 0.29) is 36.2 Å². The summed E-state index contributed by atoms with van der Waals surface area (Å²) in [6.45, 7) is 7.32. The minimum Gasteiger partial charge on any atom is -0.350 e. The summed E-state index contributed by atoms with van der Waals surface area (Å²) in [5.74, 6) is -0.510. The Hall–Kier alpha value is -2.45. The molecule has 1 fully saturated rings. The monoisotopic (exact) mass is 432 g/mol. The van der Waals surface area contributed by atoms with Gasteiger partial charge in [-0.25, -0.2) is 0 Å². The van der Waals surface area contributed by atoms with E-state index in [1.165, 1.54) is 5.56 Å². The van der Waals surface area contributed by atoms with Crippen molar-refractivity contribution in [3.8, 4) is 0 Å². The van der Waals surface area contributed by atoms with E-state index < -0.39 is 12.1 Å². The third-order valence-corrected chi connectivity index (χ3v) is 5.82. The van der Waals surface area contributed by atoms with Gasteiger partial charge in [-0.2, -0.15) is 0 Å². The number of hydrogen-bond donors (Lipinski definition) is 3. The average Bonchev–Trinajstić information content (AvgIpc) is 3.22. The number of likely N-dealkylation sites (tertiary alicyclic amines) is 1. The van der Waals surface area contributed by atoms with Gasteiger partial charge >= 0.3 is 0 Å². The summed E-state index contributed by atoms with van der Waals surface area (Å²) in [6, 6.07) is 8.68. The van der Waals surface area contributed by atoms with Gasteiger partial charge in [0.25, 0.3) is 5.91 Å². The molecule has 0 aromatic heterocycles. The third-order valence-electron chi connectivity index (χ3n) is 5.82. The van der Waals surface area contributed by atoms with Crippen LogP contribution >= 0.6 is 0 Å². The number of quaternary nitrogens is 1. The number of carbonyl (C=O) groups excluding carboxylic acids is 3. The first kappa shape index (κ1) is 24.8. The van der Waals surface area contributed by atoms with Crippen molar-refractivity contribution in [3.63, 3.8) is 0 Å². The zero-order valence-electron chi connectivity index (χ0n) is 19.0. The van der Waals surface area contributed by atoms with Crippen LogP contribution in [-0.4, -0.2) is 71.8 Å². The quantitative estimate of drug-likeness (QED) is 0.473. The fourth-order valence-electron chi connectivity index (χ4n) is 3.93. The van der Waals surface area contributed by atoms with Gasteiger partial charge in [0.1, 0.15) is 6.04 Å². The molecule has 8 heteroatoms. The normalized spacial score (nSPS) is 18.0. The molecule has 31 heavy (non-hydrogen) atoms. The summed E-state index contributed by atoms with van der Waals surface area (Å²) in [7, 11) is 0. The molecular weight excluding hydrogens is 394 g/mol. The highest BCUT2D eigenvalue weighted by atomic mass is 16.2. The van der Waals surface area contributed by atoms with Crippen molar-refractivity contribution in [2.24, 2.45) is 11.7 Å². The van der Waals surface area contributed by atoms with Gasteiger partial charge in [0, 0.05) is 25.7 Å². The molecule has 172 valence electrons. The summed E-state index contributed by atoms with van der Waals surface area (Å²) in [6.07, 6.45) is 2.48. The fraction of sp³-hybridized carbons (Fsp3) is 0.609. The van der Waals surface area contributed by atoms with Crippen molar-refractivity contribution >= 4 is 17.7 Å². The van der Waals surface area contributed by atoms with Crippen molar-refractivity contribution in [1.29, 1.82) is 0 Å². The lowest BCUT2D eigenvalue weighted by atomic mass is 10.0. The smallest absolute Gasteiger partial charge is 0.277 e. The molecule has 3 unspecified atom stereocenters. The largest absolute Gasteiger partial charge is 0.350 e. The Morgan fingerprint density at radius 1 is 1.23 bits per heavy atom. The second-order valence-corrected chi connectivity index (χ2v) is 8.67. The molecule has 3 amide bonds. The highest BCUT2D eigenvalue weighted by Gasteiger charge is 2.36. The molecular formula is C23H38N5O3+. The van der Waals surface area contributed by atoms with Crippen LogP contribution in [0.25, 0.3) is 0 Å². The number of rotatable bonds is 10. The molecule has 0 saturated carbocycles. The van der Waals surface area contributed by atoms with E-state index in [0.717, 1.165) is 19.3 Å². The van der Waals surface area contributed by atoms with E-state index in [2.05, 4.69) is 11.1 Å². The molecule has 1 aromatic rings. The maximum Gasteiger partial charge on any atom is 0.277 e. The van der Waals surface area contributed by atoms with E-state index in [4.69, 9.17) is 5.73 Å². The van der Waals surface area contributed by atoms with Crippen LogP contribution in [0.5, 0.6) is 0 Å². The number of nitrogens with one attached hydrogen (secondary N) is 1. The Labute approximate surface area is 185 Å². The topological polar surface area (TPSA) is 123 Å². The molecule has 1 aliphatic rings. The minimum atomic E-state index is -0.674. The van der Waals surface area contributed by atoms with Crippen LogP contribution in [0.3, 0.4) is 0 Å². The number of hydrogen-bond acceptors (Lipinski definition) is 4. The minimum absolute atomic E-state index is 0.0131. The predicted octanol–water partition coefficient (Wildman–Crippen LogP) is -0.221. The fourth-order valence-corrected chi connectivity index (χ4v) is 3.93. The van der Waals surface area contributed by atoms with Crippen LogP contribution in [-0.2, 0) is 20.8 Å². The molecule has 1 saturated heterocycles.